The van der Waals surface area contributed by atoms with Crippen molar-refractivity contribution in [3.8, 4) is 6.07 Å². The topological polar surface area (TPSA) is 44.1 Å². The van der Waals surface area contributed by atoms with E-state index in [0.29, 0.717) is 5.56 Å². The summed E-state index contributed by atoms with van der Waals surface area (Å²) in [5.74, 6) is -0.0500. The number of fused-ring (bicyclic) bond motifs is 1. The summed E-state index contributed by atoms with van der Waals surface area (Å²) in [6.45, 7) is 3.89. The largest absolute Gasteiger partial charge is 0.312 e. The van der Waals surface area contributed by atoms with Crippen LogP contribution in [0.5, 0.6) is 0 Å². The van der Waals surface area contributed by atoms with E-state index in [2.05, 4.69) is 6.07 Å². The zero-order chi connectivity index (χ0) is 15.0. The quantitative estimate of drug-likeness (QED) is 0.838. The molecule has 0 saturated carbocycles. The Morgan fingerprint density at radius 2 is 1.86 bits per heavy atom. The SMILES string of the molecule is Cc1cccc2c1C(=O)N(C(C)c1ccccc1)C2C#N. The zero-order valence-electron chi connectivity index (χ0n) is 12.1. The molecule has 3 nitrogen and oxygen atoms in total. The second-order valence-corrected chi connectivity index (χ2v) is 5.37. The first-order chi connectivity index (χ1) is 10.1. The van der Waals surface area contributed by atoms with Crippen LogP contribution in [0.4, 0.5) is 0 Å². The van der Waals surface area contributed by atoms with Gasteiger partial charge >= 0.3 is 0 Å². The molecule has 2 unspecified atom stereocenters. The third-order valence-corrected chi connectivity index (χ3v) is 4.15. The molecule has 1 heterocycles. The number of carbonyl (C=O) groups excluding carboxylic acids is 1. The fourth-order valence-electron chi connectivity index (χ4n) is 3.03. The Balaban J connectivity index is 2.08. The molecule has 3 rings (SSSR count). The van der Waals surface area contributed by atoms with Crippen molar-refractivity contribution in [1.82, 2.24) is 4.90 Å². The Bertz CT molecular complexity index is 731. The number of nitriles is 1. The third kappa shape index (κ3) is 2.00. The maximum atomic E-state index is 12.8. The summed E-state index contributed by atoms with van der Waals surface area (Å²) in [4.78, 5) is 14.5. The zero-order valence-corrected chi connectivity index (χ0v) is 12.1. The minimum Gasteiger partial charge on any atom is -0.312 e. The Kier molecular flexibility index (Phi) is 3.23. The average molecular weight is 276 g/mol. The van der Waals surface area contributed by atoms with Crippen molar-refractivity contribution in [2.75, 3.05) is 0 Å². The molecule has 0 N–H and O–H groups in total. The van der Waals surface area contributed by atoms with Crippen LogP contribution in [0, 0.1) is 18.3 Å². The Morgan fingerprint density at radius 1 is 1.14 bits per heavy atom. The molecule has 0 saturated heterocycles. The highest BCUT2D eigenvalue weighted by Crippen LogP contribution is 2.40. The summed E-state index contributed by atoms with van der Waals surface area (Å²) in [5, 5.41) is 9.54. The summed E-state index contributed by atoms with van der Waals surface area (Å²) < 4.78 is 0. The van der Waals surface area contributed by atoms with Crippen molar-refractivity contribution in [3.05, 3.63) is 70.8 Å². The van der Waals surface area contributed by atoms with Crippen LogP contribution in [-0.4, -0.2) is 10.8 Å². The van der Waals surface area contributed by atoms with Crippen molar-refractivity contribution >= 4 is 5.91 Å². The fourth-order valence-corrected chi connectivity index (χ4v) is 3.03. The molecule has 1 amide bonds. The predicted octanol–water partition coefficient (Wildman–Crippen LogP) is 3.78. The molecular formula is C18H16N2O. The van der Waals surface area contributed by atoms with Gasteiger partial charge in [-0.25, -0.2) is 0 Å². The van der Waals surface area contributed by atoms with Crippen molar-refractivity contribution in [2.24, 2.45) is 0 Å². The number of hydrogen-bond donors (Lipinski definition) is 0. The minimum absolute atomic E-state index is 0.0500. The van der Waals surface area contributed by atoms with E-state index in [1.165, 1.54) is 0 Å². The van der Waals surface area contributed by atoms with Crippen LogP contribution in [0.15, 0.2) is 48.5 Å². The number of hydrogen-bond acceptors (Lipinski definition) is 2. The summed E-state index contributed by atoms with van der Waals surface area (Å²) >= 11 is 0. The van der Waals surface area contributed by atoms with Crippen LogP contribution in [0.25, 0.3) is 0 Å². The molecular weight excluding hydrogens is 260 g/mol. The standard InChI is InChI=1S/C18H16N2O/c1-12-7-6-10-15-16(11-19)20(18(21)17(12)15)13(2)14-8-4-3-5-9-14/h3-10,13,16H,1-2H3. The highest BCUT2D eigenvalue weighted by Gasteiger charge is 2.40. The van der Waals surface area contributed by atoms with Crippen LogP contribution in [-0.2, 0) is 0 Å². The Labute approximate surface area is 124 Å². The normalized spacial score (nSPS) is 18.2. The summed E-state index contributed by atoms with van der Waals surface area (Å²) in [5.41, 5.74) is 3.48. The van der Waals surface area contributed by atoms with E-state index >= 15 is 0 Å². The van der Waals surface area contributed by atoms with Crippen LogP contribution in [0.2, 0.25) is 0 Å². The van der Waals surface area contributed by atoms with E-state index in [-0.39, 0.29) is 11.9 Å². The summed E-state index contributed by atoms with van der Waals surface area (Å²) in [6, 6.07) is 17.2. The molecule has 0 aromatic heterocycles. The van der Waals surface area contributed by atoms with Gasteiger partial charge in [-0.15, -0.1) is 0 Å². The van der Waals surface area contributed by atoms with Crippen LogP contribution in [0.1, 0.15) is 46.1 Å². The van der Waals surface area contributed by atoms with Gasteiger partial charge in [-0.3, -0.25) is 4.79 Å². The molecule has 1 aliphatic rings. The smallest absolute Gasteiger partial charge is 0.256 e. The average Bonchev–Trinajstić information content (AvgIpc) is 2.81. The molecule has 0 aliphatic carbocycles. The number of amides is 1. The number of rotatable bonds is 2. The van der Waals surface area contributed by atoms with Crippen molar-refractivity contribution in [3.63, 3.8) is 0 Å². The first kappa shape index (κ1) is 13.4. The van der Waals surface area contributed by atoms with E-state index in [0.717, 1.165) is 16.7 Å². The Morgan fingerprint density at radius 3 is 2.52 bits per heavy atom. The van der Waals surface area contributed by atoms with Crippen molar-refractivity contribution in [1.29, 1.82) is 5.26 Å². The van der Waals surface area contributed by atoms with Gasteiger partial charge in [-0.1, -0.05) is 48.5 Å². The number of aryl methyl sites for hydroxylation is 1. The molecule has 0 bridgehead atoms. The van der Waals surface area contributed by atoms with Gasteiger partial charge in [0.2, 0.25) is 0 Å². The fraction of sp³-hybridized carbons (Fsp3) is 0.222. The molecule has 1 aliphatic heterocycles. The van der Waals surface area contributed by atoms with Gasteiger partial charge in [-0.05, 0) is 25.0 Å². The summed E-state index contributed by atoms with van der Waals surface area (Å²) in [6.07, 6.45) is 0. The van der Waals surface area contributed by atoms with Gasteiger partial charge < -0.3 is 4.90 Å². The predicted molar refractivity (Wildman–Crippen MR) is 80.6 cm³/mol. The molecule has 21 heavy (non-hydrogen) atoms. The van der Waals surface area contributed by atoms with Crippen LogP contribution >= 0.6 is 0 Å². The van der Waals surface area contributed by atoms with Gasteiger partial charge in [0.15, 0.2) is 0 Å². The molecule has 0 spiro atoms. The van der Waals surface area contributed by atoms with E-state index in [1.807, 2.05) is 62.4 Å². The van der Waals surface area contributed by atoms with Gasteiger partial charge in [0.05, 0.1) is 12.1 Å². The van der Waals surface area contributed by atoms with Crippen LogP contribution < -0.4 is 0 Å². The van der Waals surface area contributed by atoms with Crippen molar-refractivity contribution in [2.45, 2.75) is 25.9 Å². The molecule has 104 valence electrons. The molecule has 2 aromatic carbocycles. The van der Waals surface area contributed by atoms with Gasteiger partial charge in [0, 0.05) is 11.1 Å². The van der Waals surface area contributed by atoms with E-state index in [9.17, 15) is 10.1 Å². The molecule has 2 atom stereocenters. The van der Waals surface area contributed by atoms with Crippen LogP contribution in [0.3, 0.4) is 0 Å². The van der Waals surface area contributed by atoms with Gasteiger partial charge in [-0.2, -0.15) is 5.26 Å². The molecule has 0 fully saturated rings. The van der Waals surface area contributed by atoms with E-state index in [4.69, 9.17) is 0 Å². The Hall–Kier alpha value is -2.60. The summed E-state index contributed by atoms with van der Waals surface area (Å²) in [7, 11) is 0. The lowest BCUT2D eigenvalue weighted by atomic mass is 10.0. The van der Waals surface area contributed by atoms with E-state index < -0.39 is 6.04 Å². The first-order valence-corrected chi connectivity index (χ1v) is 7.02. The number of nitrogens with zero attached hydrogens (tertiary/aromatic N) is 2. The van der Waals surface area contributed by atoms with Gasteiger partial charge in [0.1, 0.15) is 6.04 Å². The maximum absolute atomic E-state index is 12.8. The lowest BCUT2D eigenvalue weighted by molar-refractivity contribution is 0.0687. The highest BCUT2D eigenvalue weighted by molar-refractivity contribution is 6.01. The molecule has 2 aromatic rings. The van der Waals surface area contributed by atoms with Gasteiger partial charge in [0.25, 0.3) is 5.91 Å². The van der Waals surface area contributed by atoms with E-state index in [1.54, 1.807) is 4.90 Å². The number of carbonyl (C=O) groups is 1. The third-order valence-electron chi connectivity index (χ3n) is 4.15. The maximum Gasteiger partial charge on any atom is 0.256 e. The van der Waals surface area contributed by atoms with Crippen molar-refractivity contribution < 1.29 is 4.79 Å². The monoisotopic (exact) mass is 276 g/mol. The second kappa shape index (κ2) is 5.06. The highest BCUT2D eigenvalue weighted by atomic mass is 16.2. The lowest BCUT2D eigenvalue weighted by Gasteiger charge is -2.28. The lowest BCUT2D eigenvalue weighted by Crippen LogP contribution is -2.30. The first-order valence-electron chi connectivity index (χ1n) is 7.02. The minimum atomic E-state index is -0.511. The molecule has 0 radical (unpaired) electrons. The molecule has 3 heteroatoms. The second-order valence-electron chi connectivity index (χ2n) is 5.37. The number of benzene rings is 2.